The van der Waals surface area contributed by atoms with Crippen LogP contribution in [-0.2, 0) is 23.1 Å². The van der Waals surface area contributed by atoms with E-state index in [0.717, 1.165) is 31.9 Å². The van der Waals surface area contributed by atoms with Crippen molar-refractivity contribution in [2.75, 3.05) is 63.5 Å². The van der Waals surface area contributed by atoms with Crippen LogP contribution in [0.5, 0.6) is 5.75 Å². The van der Waals surface area contributed by atoms with Gasteiger partial charge in [0.2, 0.25) is 10.0 Å². The molecule has 0 aliphatic carbocycles. The topological polar surface area (TPSA) is 97.5 Å². The molecule has 0 atom stereocenters. The molecule has 3 heterocycles. The Morgan fingerprint density at radius 1 is 0.939 bits per heavy atom. The van der Waals surface area contributed by atoms with Crippen LogP contribution in [0.25, 0.3) is 0 Å². The fraction of sp³-hybridized carbons (Fsp3) is 0.500. The fourth-order valence-corrected chi connectivity index (χ4v) is 5.12. The van der Waals surface area contributed by atoms with E-state index in [4.69, 9.17) is 4.42 Å². The average Bonchev–Trinajstić information content (AvgIpc) is 2.79. The minimum absolute atomic E-state index is 0.0576. The maximum atomic E-state index is 13.2. The van der Waals surface area contributed by atoms with Gasteiger partial charge >= 0.3 is 5.63 Å². The zero-order valence-electron chi connectivity index (χ0n) is 18.6. The number of piperazine rings is 2. The van der Waals surface area contributed by atoms with Crippen molar-refractivity contribution in [1.82, 2.24) is 14.1 Å². The lowest BCUT2D eigenvalue weighted by Crippen LogP contribution is -2.48. The van der Waals surface area contributed by atoms with Crippen molar-refractivity contribution in [3.63, 3.8) is 0 Å². The van der Waals surface area contributed by atoms with Gasteiger partial charge in [-0.2, -0.15) is 4.31 Å². The summed E-state index contributed by atoms with van der Waals surface area (Å²) < 4.78 is 43.2. The average molecular weight is 481 g/mol. The second-order valence-electron chi connectivity index (χ2n) is 8.55. The highest BCUT2D eigenvalue weighted by Crippen LogP contribution is 2.24. The molecule has 0 spiro atoms. The summed E-state index contributed by atoms with van der Waals surface area (Å²) in [5, 5.41) is 10.8. The van der Waals surface area contributed by atoms with Gasteiger partial charge in [0.15, 0.2) is 0 Å². The van der Waals surface area contributed by atoms with Crippen molar-refractivity contribution in [1.29, 1.82) is 0 Å². The van der Waals surface area contributed by atoms with Gasteiger partial charge in [0, 0.05) is 76.7 Å². The van der Waals surface area contributed by atoms with Gasteiger partial charge in [-0.3, -0.25) is 9.80 Å². The predicted octanol–water partition coefficient (Wildman–Crippen LogP) is 0.884. The maximum Gasteiger partial charge on any atom is 0.343 e. The number of aromatic hydroxyl groups is 1. The first kappa shape index (κ1) is 23.7. The first-order valence-electron chi connectivity index (χ1n) is 10.9. The van der Waals surface area contributed by atoms with E-state index in [1.165, 1.54) is 29.0 Å². The van der Waals surface area contributed by atoms with E-state index in [0.29, 0.717) is 38.3 Å². The summed E-state index contributed by atoms with van der Waals surface area (Å²) >= 11 is 0. The summed E-state index contributed by atoms with van der Waals surface area (Å²) in [7, 11) is -3.23. The van der Waals surface area contributed by atoms with Gasteiger partial charge in [-0.25, -0.2) is 17.6 Å². The number of rotatable bonds is 6. The lowest BCUT2D eigenvalue weighted by Gasteiger charge is -2.36. The second kappa shape index (κ2) is 9.80. The third-order valence-electron chi connectivity index (χ3n) is 6.28. The SMILES string of the molecule is CS(=O)(=O)N1CCN(Cc2c(O)c(CN3CCN(c4ccc(F)cc4)CC3)coc2=O)CC1. The van der Waals surface area contributed by atoms with Gasteiger partial charge < -0.3 is 14.4 Å². The van der Waals surface area contributed by atoms with E-state index in [1.807, 2.05) is 4.90 Å². The Morgan fingerprint density at radius 2 is 1.52 bits per heavy atom. The first-order valence-corrected chi connectivity index (χ1v) is 12.8. The van der Waals surface area contributed by atoms with Crippen LogP contribution >= 0.6 is 0 Å². The minimum Gasteiger partial charge on any atom is -0.507 e. The molecule has 2 aliphatic rings. The summed E-state index contributed by atoms with van der Waals surface area (Å²) in [4.78, 5) is 18.6. The number of halogens is 1. The molecule has 11 heteroatoms. The molecule has 0 unspecified atom stereocenters. The van der Waals surface area contributed by atoms with Crippen molar-refractivity contribution in [3.05, 3.63) is 57.9 Å². The van der Waals surface area contributed by atoms with Crippen LogP contribution in [0, 0.1) is 5.82 Å². The van der Waals surface area contributed by atoms with E-state index < -0.39 is 15.6 Å². The molecule has 9 nitrogen and oxygen atoms in total. The third kappa shape index (κ3) is 5.72. The number of hydrogen-bond acceptors (Lipinski definition) is 8. The van der Waals surface area contributed by atoms with Gasteiger partial charge in [0.05, 0.1) is 11.8 Å². The summed E-state index contributed by atoms with van der Waals surface area (Å²) in [6.07, 6.45) is 2.50. The fourth-order valence-electron chi connectivity index (χ4n) is 4.29. The lowest BCUT2D eigenvalue weighted by atomic mass is 10.1. The third-order valence-corrected chi connectivity index (χ3v) is 7.59. The molecule has 2 saturated heterocycles. The molecule has 2 fully saturated rings. The molecule has 33 heavy (non-hydrogen) atoms. The van der Waals surface area contributed by atoms with Gasteiger partial charge in [0.1, 0.15) is 17.8 Å². The van der Waals surface area contributed by atoms with Gasteiger partial charge in [0.25, 0.3) is 0 Å². The molecule has 0 amide bonds. The molecule has 0 bridgehead atoms. The minimum atomic E-state index is -3.23. The highest BCUT2D eigenvalue weighted by molar-refractivity contribution is 7.88. The summed E-state index contributed by atoms with van der Waals surface area (Å²) in [5.74, 6) is -0.315. The van der Waals surface area contributed by atoms with Gasteiger partial charge in [-0.15, -0.1) is 0 Å². The summed E-state index contributed by atoms with van der Waals surface area (Å²) in [6.45, 7) is 5.33. The summed E-state index contributed by atoms with van der Waals surface area (Å²) in [6, 6.07) is 6.44. The van der Waals surface area contributed by atoms with E-state index >= 15 is 0 Å². The zero-order valence-corrected chi connectivity index (χ0v) is 19.4. The molecule has 2 aliphatic heterocycles. The highest BCUT2D eigenvalue weighted by Gasteiger charge is 2.26. The Bertz CT molecular complexity index is 1120. The quantitative estimate of drug-likeness (QED) is 0.651. The van der Waals surface area contributed by atoms with E-state index in [9.17, 15) is 22.7 Å². The monoisotopic (exact) mass is 480 g/mol. The predicted molar refractivity (Wildman–Crippen MR) is 122 cm³/mol. The number of nitrogens with zero attached hydrogens (tertiary/aromatic N) is 4. The molecule has 180 valence electrons. The molecule has 1 N–H and O–H groups in total. The highest BCUT2D eigenvalue weighted by atomic mass is 32.2. The molecule has 1 aromatic carbocycles. The molecule has 1 aromatic heterocycles. The Balaban J connectivity index is 1.36. The number of hydrogen-bond donors (Lipinski definition) is 1. The van der Waals surface area contributed by atoms with Crippen LogP contribution < -0.4 is 10.5 Å². The molecule has 4 rings (SSSR count). The van der Waals surface area contributed by atoms with Crippen molar-refractivity contribution in [2.45, 2.75) is 13.1 Å². The Labute approximate surface area is 192 Å². The molecular formula is C22H29FN4O5S. The molecular weight excluding hydrogens is 451 g/mol. The normalized spacial score (nSPS) is 19.2. The Morgan fingerprint density at radius 3 is 2.12 bits per heavy atom. The lowest BCUT2D eigenvalue weighted by molar-refractivity contribution is 0.178. The zero-order chi connectivity index (χ0) is 23.6. The molecule has 0 saturated carbocycles. The Kier molecular flexibility index (Phi) is 7.03. The summed E-state index contributed by atoms with van der Waals surface area (Å²) in [5.41, 5.74) is 1.14. The first-order chi connectivity index (χ1) is 15.7. The standard InChI is InChI=1S/C22H29FN4O5S/c1-33(30,31)27-12-8-25(9-13-27)15-20-21(28)17(16-32-22(20)29)14-24-6-10-26(11-7-24)19-4-2-18(23)3-5-19/h2-5,16,28H,6-15H2,1H3. The van der Waals surface area contributed by atoms with Crippen LogP contribution in [0.4, 0.5) is 10.1 Å². The van der Waals surface area contributed by atoms with Gasteiger partial charge in [-0.05, 0) is 24.3 Å². The van der Waals surface area contributed by atoms with Crippen LogP contribution in [0.1, 0.15) is 11.1 Å². The number of anilines is 1. The van der Waals surface area contributed by atoms with Crippen molar-refractivity contribution in [2.24, 2.45) is 0 Å². The van der Waals surface area contributed by atoms with Crippen molar-refractivity contribution >= 4 is 15.7 Å². The van der Waals surface area contributed by atoms with Gasteiger partial charge in [-0.1, -0.05) is 0 Å². The number of benzene rings is 1. The molecule has 0 radical (unpaired) electrons. The maximum absolute atomic E-state index is 13.2. The molecule has 2 aromatic rings. The van der Waals surface area contributed by atoms with E-state index in [1.54, 1.807) is 12.1 Å². The van der Waals surface area contributed by atoms with E-state index in [2.05, 4.69) is 9.80 Å². The largest absolute Gasteiger partial charge is 0.507 e. The second-order valence-corrected chi connectivity index (χ2v) is 10.5. The smallest absolute Gasteiger partial charge is 0.343 e. The van der Waals surface area contributed by atoms with Crippen molar-refractivity contribution < 1.29 is 22.3 Å². The number of sulfonamides is 1. The van der Waals surface area contributed by atoms with Crippen LogP contribution in [-0.4, -0.2) is 86.2 Å². The Hall–Kier alpha value is -2.47. The van der Waals surface area contributed by atoms with Crippen molar-refractivity contribution in [3.8, 4) is 5.75 Å². The van der Waals surface area contributed by atoms with Crippen LogP contribution in [0.2, 0.25) is 0 Å². The van der Waals surface area contributed by atoms with E-state index in [-0.39, 0.29) is 23.7 Å². The van der Waals surface area contributed by atoms with Crippen LogP contribution in [0.3, 0.4) is 0 Å². The van der Waals surface area contributed by atoms with Crippen LogP contribution in [0.15, 0.2) is 39.7 Å².